The van der Waals surface area contributed by atoms with Gasteiger partial charge in [-0.15, -0.1) is 11.3 Å². The zero-order valence-corrected chi connectivity index (χ0v) is 11.8. The number of nitrogens with zero attached hydrogens (tertiary/aromatic N) is 2. The van der Waals surface area contributed by atoms with E-state index in [4.69, 9.17) is 0 Å². The van der Waals surface area contributed by atoms with Gasteiger partial charge in [0.25, 0.3) is 0 Å². The maximum Gasteiger partial charge on any atom is 0.230 e. The molecule has 0 spiro atoms. The first kappa shape index (κ1) is 13.4. The standard InChI is InChI=1S/C14H14N2O2S/c1-9-5-4-6-10(2)13(9)16(11(3)18)14-15-12(7-17)8-19-14/h4-8H,1-3H3. The van der Waals surface area contributed by atoms with E-state index < -0.39 is 0 Å². The summed E-state index contributed by atoms with van der Waals surface area (Å²) in [6.07, 6.45) is 0.684. The molecule has 0 bridgehead atoms. The van der Waals surface area contributed by atoms with Crippen molar-refractivity contribution in [1.29, 1.82) is 0 Å². The van der Waals surface area contributed by atoms with E-state index in [2.05, 4.69) is 4.98 Å². The highest BCUT2D eigenvalue weighted by molar-refractivity contribution is 7.14. The Morgan fingerprint density at radius 1 is 1.32 bits per heavy atom. The molecule has 0 aliphatic rings. The van der Waals surface area contributed by atoms with Gasteiger partial charge in [-0.1, -0.05) is 18.2 Å². The molecule has 0 unspecified atom stereocenters. The van der Waals surface area contributed by atoms with Crippen LogP contribution in [-0.4, -0.2) is 17.2 Å². The minimum absolute atomic E-state index is 0.121. The van der Waals surface area contributed by atoms with Crippen LogP contribution in [0.3, 0.4) is 0 Å². The van der Waals surface area contributed by atoms with Gasteiger partial charge in [0, 0.05) is 12.3 Å². The number of amides is 1. The molecule has 0 radical (unpaired) electrons. The fourth-order valence-corrected chi connectivity index (χ4v) is 2.80. The summed E-state index contributed by atoms with van der Waals surface area (Å²) in [5.41, 5.74) is 3.18. The van der Waals surface area contributed by atoms with Crippen LogP contribution < -0.4 is 4.90 Å². The second-order valence-corrected chi connectivity index (χ2v) is 5.10. The van der Waals surface area contributed by atoms with Crippen LogP contribution in [0, 0.1) is 13.8 Å². The monoisotopic (exact) mass is 274 g/mol. The summed E-state index contributed by atoms with van der Waals surface area (Å²) < 4.78 is 0. The maximum absolute atomic E-state index is 12.0. The second kappa shape index (κ2) is 5.32. The molecule has 0 fully saturated rings. The zero-order valence-electron chi connectivity index (χ0n) is 11.0. The molecule has 0 N–H and O–H groups in total. The first-order valence-corrected chi connectivity index (χ1v) is 6.70. The number of anilines is 2. The van der Waals surface area contributed by atoms with Gasteiger partial charge in [0.05, 0.1) is 5.69 Å². The molecule has 5 heteroatoms. The lowest BCUT2D eigenvalue weighted by atomic mass is 10.1. The Hall–Kier alpha value is -2.01. The van der Waals surface area contributed by atoms with Crippen LogP contribution in [0.15, 0.2) is 23.6 Å². The number of para-hydroxylation sites is 1. The van der Waals surface area contributed by atoms with Gasteiger partial charge in [0.1, 0.15) is 5.69 Å². The average molecular weight is 274 g/mol. The number of aryl methyl sites for hydroxylation is 2. The molecule has 1 heterocycles. The SMILES string of the molecule is CC(=O)N(c1nc(C=O)cs1)c1c(C)cccc1C. The van der Waals surface area contributed by atoms with Crippen LogP contribution in [-0.2, 0) is 4.79 Å². The van der Waals surface area contributed by atoms with Crippen LogP contribution >= 0.6 is 11.3 Å². The van der Waals surface area contributed by atoms with Gasteiger partial charge in [-0.2, -0.15) is 0 Å². The first-order chi connectivity index (χ1) is 9.04. The van der Waals surface area contributed by atoms with E-state index in [0.717, 1.165) is 16.8 Å². The van der Waals surface area contributed by atoms with Crippen LogP contribution in [0.5, 0.6) is 0 Å². The molecule has 0 aliphatic carbocycles. The van der Waals surface area contributed by atoms with E-state index in [1.807, 2.05) is 32.0 Å². The van der Waals surface area contributed by atoms with E-state index in [-0.39, 0.29) is 5.91 Å². The third-order valence-electron chi connectivity index (χ3n) is 2.80. The molecule has 19 heavy (non-hydrogen) atoms. The molecule has 0 atom stereocenters. The summed E-state index contributed by atoms with van der Waals surface area (Å²) in [4.78, 5) is 28.4. The molecular formula is C14H14N2O2S. The summed E-state index contributed by atoms with van der Waals surface area (Å²) in [5.74, 6) is -0.121. The van der Waals surface area contributed by atoms with Crippen molar-refractivity contribution in [2.75, 3.05) is 4.90 Å². The van der Waals surface area contributed by atoms with Crippen molar-refractivity contribution in [3.05, 3.63) is 40.4 Å². The Kier molecular flexibility index (Phi) is 3.76. The van der Waals surface area contributed by atoms with Crippen molar-refractivity contribution < 1.29 is 9.59 Å². The van der Waals surface area contributed by atoms with Gasteiger partial charge in [-0.25, -0.2) is 4.98 Å². The number of aldehydes is 1. The largest absolute Gasteiger partial charge is 0.296 e. The average Bonchev–Trinajstić information content (AvgIpc) is 2.81. The molecule has 1 aromatic heterocycles. The number of hydrogen-bond donors (Lipinski definition) is 0. The third kappa shape index (κ3) is 2.56. The van der Waals surface area contributed by atoms with E-state index in [0.29, 0.717) is 17.1 Å². The molecule has 0 aliphatic heterocycles. The van der Waals surface area contributed by atoms with Crippen molar-refractivity contribution in [3.63, 3.8) is 0 Å². The Morgan fingerprint density at radius 3 is 2.42 bits per heavy atom. The summed E-state index contributed by atoms with van der Waals surface area (Å²) in [6, 6.07) is 5.85. The van der Waals surface area contributed by atoms with Crippen molar-refractivity contribution in [3.8, 4) is 0 Å². The number of benzene rings is 1. The fraction of sp³-hybridized carbons (Fsp3) is 0.214. The molecule has 2 aromatic rings. The number of rotatable bonds is 3. The quantitative estimate of drug-likeness (QED) is 0.807. The lowest BCUT2D eigenvalue weighted by Gasteiger charge is -2.22. The Labute approximate surface area is 115 Å². The minimum Gasteiger partial charge on any atom is -0.296 e. The Bertz CT molecular complexity index is 614. The van der Waals surface area contributed by atoms with E-state index >= 15 is 0 Å². The fourth-order valence-electron chi connectivity index (χ4n) is 1.98. The van der Waals surface area contributed by atoms with Gasteiger partial charge < -0.3 is 0 Å². The normalized spacial score (nSPS) is 10.3. The lowest BCUT2D eigenvalue weighted by Crippen LogP contribution is -2.24. The Balaban J connectivity index is 2.58. The summed E-state index contributed by atoms with van der Waals surface area (Å²) in [5, 5.41) is 2.17. The minimum atomic E-state index is -0.121. The van der Waals surface area contributed by atoms with Crippen molar-refractivity contribution in [1.82, 2.24) is 4.98 Å². The molecule has 0 saturated heterocycles. The third-order valence-corrected chi connectivity index (χ3v) is 3.64. The smallest absolute Gasteiger partial charge is 0.230 e. The molecule has 2 rings (SSSR count). The second-order valence-electron chi connectivity index (χ2n) is 4.27. The highest BCUT2D eigenvalue weighted by atomic mass is 32.1. The van der Waals surface area contributed by atoms with E-state index in [1.54, 1.807) is 10.3 Å². The lowest BCUT2D eigenvalue weighted by molar-refractivity contribution is -0.115. The summed E-state index contributed by atoms with van der Waals surface area (Å²) in [7, 11) is 0. The Morgan fingerprint density at radius 2 is 1.95 bits per heavy atom. The number of aromatic nitrogens is 1. The number of hydrogen-bond acceptors (Lipinski definition) is 4. The predicted molar refractivity (Wildman–Crippen MR) is 76.2 cm³/mol. The topological polar surface area (TPSA) is 50.3 Å². The molecule has 1 amide bonds. The van der Waals surface area contributed by atoms with Crippen LogP contribution in [0.25, 0.3) is 0 Å². The highest BCUT2D eigenvalue weighted by Gasteiger charge is 2.21. The van der Waals surface area contributed by atoms with Crippen molar-refractivity contribution in [2.24, 2.45) is 0 Å². The first-order valence-electron chi connectivity index (χ1n) is 5.82. The number of carbonyl (C=O) groups excluding carboxylic acids is 2. The summed E-state index contributed by atoms with van der Waals surface area (Å²) >= 11 is 1.29. The van der Waals surface area contributed by atoms with Crippen molar-refractivity contribution >= 4 is 34.3 Å². The van der Waals surface area contributed by atoms with Gasteiger partial charge in [0.15, 0.2) is 11.4 Å². The maximum atomic E-state index is 12.0. The molecule has 0 saturated carbocycles. The van der Waals surface area contributed by atoms with Gasteiger partial charge in [0.2, 0.25) is 5.91 Å². The van der Waals surface area contributed by atoms with Crippen molar-refractivity contribution in [2.45, 2.75) is 20.8 Å². The van der Waals surface area contributed by atoms with Crippen LogP contribution in [0.4, 0.5) is 10.8 Å². The van der Waals surface area contributed by atoms with Gasteiger partial charge >= 0.3 is 0 Å². The van der Waals surface area contributed by atoms with Gasteiger partial charge in [-0.05, 0) is 25.0 Å². The highest BCUT2D eigenvalue weighted by Crippen LogP contribution is 2.33. The summed E-state index contributed by atoms with van der Waals surface area (Å²) in [6.45, 7) is 5.40. The molecule has 98 valence electrons. The van der Waals surface area contributed by atoms with E-state index in [1.165, 1.54) is 18.3 Å². The van der Waals surface area contributed by atoms with Crippen LogP contribution in [0.2, 0.25) is 0 Å². The molecule has 4 nitrogen and oxygen atoms in total. The number of thiazole rings is 1. The van der Waals surface area contributed by atoms with Crippen LogP contribution in [0.1, 0.15) is 28.5 Å². The predicted octanol–water partition coefficient (Wildman–Crippen LogP) is 3.26. The molecule has 1 aromatic carbocycles. The van der Waals surface area contributed by atoms with E-state index in [9.17, 15) is 9.59 Å². The molecular weight excluding hydrogens is 260 g/mol. The van der Waals surface area contributed by atoms with Gasteiger partial charge in [-0.3, -0.25) is 14.5 Å². The number of carbonyl (C=O) groups is 2. The zero-order chi connectivity index (χ0) is 14.0.